The highest BCUT2D eigenvalue weighted by molar-refractivity contribution is 7.07. The highest BCUT2D eigenvalue weighted by atomic mass is 32.1. The van der Waals surface area contributed by atoms with Gasteiger partial charge in [-0.3, -0.25) is 4.79 Å². The molecule has 0 aromatic carbocycles. The minimum absolute atomic E-state index is 0.105. The Hall–Kier alpha value is -1.01. The number of likely N-dealkylation sites (tertiary alicyclic amines) is 1. The first-order valence-electron chi connectivity index (χ1n) is 6.57. The summed E-state index contributed by atoms with van der Waals surface area (Å²) in [7, 11) is 0. The Morgan fingerprint density at radius 1 is 1.28 bits per heavy atom. The van der Waals surface area contributed by atoms with E-state index in [0.717, 1.165) is 39.0 Å². The fraction of sp³-hybridized carbons (Fsp3) is 0.750. The predicted octanol–water partition coefficient (Wildman–Crippen LogP) is 1.14. The zero-order chi connectivity index (χ0) is 12.4. The summed E-state index contributed by atoms with van der Waals surface area (Å²) in [4.78, 5) is 14.8. The molecular weight excluding hydrogens is 248 g/mol. The van der Waals surface area contributed by atoms with Gasteiger partial charge in [-0.25, -0.2) is 0 Å². The molecule has 2 fully saturated rings. The molecule has 0 radical (unpaired) electrons. The third kappa shape index (κ3) is 2.27. The Labute approximate surface area is 111 Å². The summed E-state index contributed by atoms with van der Waals surface area (Å²) >= 11 is 1.19. The molecule has 2 saturated heterocycles. The minimum Gasteiger partial charge on any atom is -0.338 e. The number of aromatic nitrogens is 2. The fourth-order valence-electron chi connectivity index (χ4n) is 3.06. The van der Waals surface area contributed by atoms with Crippen molar-refractivity contribution in [2.45, 2.75) is 25.7 Å². The van der Waals surface area contributed by atoms with Gasteiger partial charge in [0, 0.05) is 13.1 Å². The smallest absolute Gasteiger partial charge is 0.267 e. The molecule has 1 aromatic rings. The molecule has 1 N–H and O–H groups in total. The van der Waals surface area contributed by atoms with E-state index in [1.807, 2.05) is 4.90 Å². The molecule has 1 aromatic heterocycles. The van der Waals surface area contributed by atoms with Gasteiger partial charge >= 0.3 is 0 Å². The van der Waals surface area contributed by atoms with Gasteiger partial charge < -0.3 is 10.2 Å². The van der Waals surface area contributed by atoms with Gasteiger partial charge in [0.1, 0.15) is 4.88 Å². The maximum atomic E-state index is 12.2. The Balaban J connectivity index is 1.61. The number of hydrogen-bond acceptors (Lipinski definition) is 5. The van der Waals surface area contributed by atoms with Crippen LogP contribution in [0.4, 0.5) is 0 Å². The minimum atomic E-state index is 0.105. The van der Waals surface area contributed by atoms with Gasteiger partial charge in [-0.15, -0.1) is 5.10 Å². The van der Waals surface area contributed by atoms with Crippen LogP contribution in [0.1, 0.15) is 35.4 Å². The van der Waals surface area contributed by atoms with Crippen LogP contribution in [0.5, 0.6) is 0 Å². The van der Waals surface area contributed by atoms with Crippen LogP contribution >= 0.6 is 11.5 Å². The van der Waals surface area contributed by atoms with Gasteiger partial charge in [0.15, 0.2) is 0 Å². The van der Waals surface area contributed by atoms with Crippen LogP contribution in [-0.4, -0.2) is 46.6 Å². The Bertz CT molecular complexity index is 404. The second-order valence-electron chi connectivity index (χ2n) is 5.32. The predicted molar refractivity (Wildman–Crippen MR) is 69.6 cm³/mol. The number of piperidine rings is 2. The van der Waals surface area contributed by atoms with E-state index in [1.165, 1.54) is 24.4 Å². The highest BCUT2D eigenvalue weighted by Gasteiger charge is 2.37. The topological polar surface area (TPSA) is 58.1 Å². The van der Waals surface area contributed by atoms with Crippen molar-refractivity contribution in [3.8, 4) is 0 Å². The molecule has 18 heavy (non-hydrogen) atoms. The van der Waals surface area contributed by atoms with E-state index in [4.69, 9.17) is 0 Å². The quantitative estimate of drug-likeness (QED) is 0.828. The van der Waals surface area contributed by atoms with Crippen molar-refractivity contribution >= 4 is 17.4 Å². The van der Waals surface area contributed by atoms with Crippen LogP contribution < -0.4 is 5.32 Å². The molecule has 1 amide bonds. The number of hydrogen-bond donors (Lipinski definition) is 1. The molecule has 1 spiro atoms. The molecule has 2 aliphatic heterocycles. The monoisotopic (exact) mass is 266 g/mol. The maximum Gasteiger partial charge on any atom is 0.267 e. The standard InChI is InChI=1S/C12H18N4OS/c17-11(10-9-14-15-18-10)16-7-3-12(4-8-16)1-5-13-6-2-12/h9,13H,1-8H2. The van der Waals surface area contributed by atoms with Crippen LogP contribution in [0.3, 0.4) is 0 Å². The van der Waals surface area contributed by atoms with E-state index in [9.17, 15) is 4.79 Å². The first-order chi connectivity index (χ1) is 8.79. The maximum absolute atomic E-state index is 12.2. The summed E-state index contributed by atoms with van der Waals surface area (Å²) in [5.41, 5.74) is 0.494. The van der Waals surface area contributed by atoms with Crippen molar-refractivity contribution in [1.29, 1.82) is 0 Å². The Kier molecular flexibility index (Phi) is 3.30. The van der Waals surface area contributed by atoms with Crippen molar-refractivity contribution in [1.82, 2.24) is 19.8 Å². The highest BCUT2D eigenvalue weighted by Crippen LogP contribution is 2.39. The molecule has 0 saturated carbocycles. The molecular formula is C12H18N4OS. The number of carbonyl (C=O) groups is 1. The van der Waals surface area contributed by atoms with Crippen LogP contribution in [0.15, 0.2) is 6.20 Å². The largest absolute Gasteiger partial charge is 0.338 e. The lowest BCUT2D eigenvalue weighted by Crippen LogP contribution is -2.47. The van der Waals surface area contributed by atoms with Crippen molar-refractivity contribution in [3.05, 3.63) is 11.1 Å². The van der Waals surface area contributed by atoms with Crippen molar-refractivity contribution in [3.63, 3.8) is 0 Å². The summed E-state index contributed by atoms with van der Waals surface area (Å²) in [5, 5.41) is 7.15. The number of amides is 1. The molecule has 3 rings (SSSR count). The molecule has 0 atom stereocenters. The van der Waals surface area contributed by atoms with Gasteiger partial charge in [-0.2, -0.15) is 0 Å². The third-order valence-electron chi connectivity index (χ3n) is 4.35. The first-order valence-corrected chi connectivity index (χ1v) is 7.34. The second kappa shape index (κ2) is 4.93. The van der Waals surface area contributed by atoms with Crippen molar-refractivity contribution < 1.29 is 4.79 Å². The molecule has 3 heterocycles. The molecule has 0 unspecified atom stereocenters. The normalized spacial score (nSPS) is 23.2. The van der Waals surface area contributed by atoms with Crippen LogP contribution in [0, 0.1) is 5.41 Å². The SMILES string of the molecule is O=C(c1cnns1)N1CCC2(CCNCC2)CC1. The summed E-state index contributed by atoms with van der Waals surface area (Å²) in [6.07, 6.45) is 6.38. The van der Waals surface area contributed by atoms with E-state index in [-0.39, 0.29) is 5.91 Å². The fourth-order valence-corrected chi connectivity index (χ4v) is 3.54. The Morgan fingerprint density at radius 3 is 2.61 bits per heavy atom. The molecule has 6 heteroatoms. The zero-order valence-corrected chi connectivity index (χ0v) is 11.2. The Morgan fingerprint density at radius 2 is 2.00 bits per heavy atom. The lowest BCUT2D eigenvalue weighted by atomic mass is 9.71. The van der Waals surface area contributed by atoms with Crippen LogP contribution in [-0.2, 0) is 0 Å². The van der Waals surface area contributed by atoms with E-state index in [1.54, 1.807) is 6.20 Å². The van der Waals surface area contributed by atoms with Gasteiger partial charge in [-0.05, 0) is 55.7 Å². The lowest BCUT2D eigenvalue weighted by molar-refractivity contribution is 0.0499. The summed E-state index contributed by atoms with van der Waals surface area (Å²) in [5.74, 6) is 0.105. The summed E-state index contributed by atoms with van der Waals surface area (Å²) in [6, 6.07) is 0. The van der Waals surface area contributed by atoms with Gasteiger partial charge in [0.05, 0.1) is 6.20 Å². The number of nitrogens with zero attached hydrogens (tertiary/aromatic N) is 3. The van der Waals surface area contributed by atoms with Gasteiger partial charge in [0.25, 0.3) is 5.91 Å². The zero-order valence-electron chi connectivity index (χ0n) is 10.4. The molecule has 0 bridgehead atoms. The number of carbonyl (C=O) groups excluding carboxylic acids is 1. The number of nitrogens with one attached hydrogen (secondary N) is 1. The van der Waals surface area contributed by atoms with E-state index in [0.29, 0.717) is 10.3 Å². The molecule has 2 aliphatic rings. The van der Waals surface area contributed by atoms with Gasteiger partial charge in [-0.1, -0.05) is 4.49 Å². The van der Waals surface area contributed by atoms with Crippen LogP contribution in [0.2, 0.25) is 0 Å². The second-order valence-corrected chi connectivity index (χ2v) is 6.11. The summed E-state index contributed by atoms with van der Waals surface area (Å²) < 4.78 is 3.76. The molecule has 98 valence electrons. The van der Waals surface area contributed by atoms with Crippen molar-refractivity contribution in [2.24, 2.45) is 5.41 Å². The van der Waals surface area contributed by atoms with Gasteiger partial charge in [0.2, 0.25) is 0 Å². The summed E-state index contributed by atoms with van der Waals surface area (Å²) in [6.45, 7) is 4.03. The van der Waals surface area contributed by atoms with Crippen molar-refractivity contribution in [2.75, 3.05) is 26.2 Å². The van der Waals surface area contributed by atoms with E-state index >= 15 is 0 Å². The first kappa shape index (κ1) is 12.0. The average Bonchev–Trinajstić information content (AvgIpc) is 2.94. The van der Waals surface area contributed by atoms with E-state index in [2.05, 4.69) is 14.9 Å². The molecule has 0 aliphatic carbocycles. The third-order valence-corrected chi connectivity index (χ3v) is 5.00. The van der Waals surface area contributed by atoms with E-state index < -0.39 is 0 Å². The van der Waals surface area contributed by atoms with Crippen LogP contribution in [0.25, 0.3) is 0 Å². The number of rotatable bonds is 1. The average molecular weight is 266 g/mol. The lowest BCUT2D eigenvalue weighted by Gasteiger charge is -2.44. The molecule has 5 nitrogen and oxygen atoms in total.